The van der Waals surface area contributed by atoms with Gasteiger partial charge in [0.05, 0.1) is 18.8 Å². The number of benzene rings is 1. The molecule has 160 valence electrons. The molecule has 3 aromatic rings. The van der Waals surface area contributed by atoms with Gasteiger partial charge in [0.25, 0.3) is 0 Å². The highest BCUT2D eigenvalue weighted by molar-refractivity contribution is 5.59. The van der Waals surface area contributed by atoms with E-state index in [1.54, 1.807) is 18.2 Å². The lowest BCUT2D eigenvalue weighted by Crippen LogP contribution is -2.18. The molecule has 3 rings (SSSR count). The highest BCUT2D eigenvalue weighted by atomic mass is 19.1. The molecule has 1 aromatic carbocycles. The smallest absolute Gasteiger partial charge is 0.234 e. The minimum Gasteiger partial charge on any atom is -0.474 e. The van der Waals surface area contributed by atoms with E-state index in [0.717, 1.165) is 0 Å². The molecule has 0 aliphatic carbocycles. The summed E-state index contributed by atoms with van der Waals surface area (Å²) >= 11 is 0. The van der Waals surface area contributed by atoms with Crippen molar-refractivity contribution < 1.29 is 18.6 Å². The van der Waals surface area contributed by atoms with Crippen LogP contribution >= 0.6 is 0 Å². The molecular weight excluding hydrogens is 394 g/mol. The molecule has 10 heteroatoms. The quantitative estimate of drug-likeness (QED) is 0.362. The molecule has 6 N–H and O–H groups in total. The van der Waals surface area contributed by atoms with E-state index >= 15 is 0 Å². The fourth-order valence-corrected chi connectivity index (χ4v) is 2.79. The molecule has 0 aliphatic heterocycles. The van der Waals surface area contributed by atoms with Gasteiger partial charge in [-0.2, -0.15) is 0 Å². The zero-order valence-corrected chi connectivity index (χ0v) is 16.6. The van der Waals surface area contributed by atoms with Gasteiger partial charge < -0.3 is 26.2 Å². The van der Waals surface area contributed by atoms with Crippen LogP contribution < -0.4 is 21.1 Å². The Labute approximate surface area is 172 Å². The average Bonchev–Trinajstić information content (AvgIpc) is 3.15. The lowest BCUT2D eigenvalue weighted by atomic mass is 10.1. The van der Waals surface area contributed by atoms with Gasteiger partial charge in [0.1, 0.15) is 17.5 Å². The van der Waals surface area contributed by atoms with Gasteiger partial charge in [0.2, 0.25) is 5.88 Å². The third-order valence-electron chi connectivity index (χ3n) is 4.20. The number of aromatic nitrogens is 3. The molecule has 0 amide bonds. The van der Waals surface area contributed by atoms with Crippen LogP contribution in [-0.2, 0) is 6.54 Å². The molecule has 0 unspecified atom stereocenters. The first-order chi connectivity index (χ1) is 14.4. The number of aliphatic hydroxyl groups is 1. The molecule has 0 bridgehead atoms. The molecule has 2 heterocycles. The first-order valence-electron chi connectivity index (χ1n) is 9.41. The SMILES string of the molecule is CC(C)Oc1cc(Nc2nc(N[C@@H](CO)c3ccc(F)cc3)c(CN)cc2F)[nH]n1. The van der Waals surface area contributed by atoms with Crippen LogP contribution in [0, 0.1) is 11.6 Å². The van der Waals surface area contributed by atoms with Crippen LogP contribution in [-0.4, -0.2) is 33.0 Å². The van der Waals surface area contributed by atoms with E-state index in [4.69, 9.17) is 10.5 Å². The highest BCUT2D eigenvalue weighted by Gasteiger charge is 2.17. The number of nitrogens with zero attached hydrogens (tertiary/aromatic N) is 2. The molecule has 0 aliphatic rings. The molecule has 0 spiro atoms. The zero-order valence-electron chi connectivity index (χ0n) is 16.6. The maximum atomic E-state index is 14.5. The van der Waals surface area contributed by atoms with E-state index in [1.807, 2.05) is 13.8 Å². The first-order valence-corrected chi connectivity index (χ1v) is 9.41. The highest BCUT2D eigenvalue weighted by Crippen LogP contribution is 2.27. The summed E-state index contributed by atoms with van der Waals surface area (Å²) in [6.45, 7) is 3.48. The van der Waals surface area contributed by atoms with Crippen molar-refractivity contribution in [3.8, 4) is 5.88 Å². The third kappa shape index (κ3) is 5.22. The van der Waals surface area contributed by atoms with Crippen LogP contribution in [0.3, 0.4) is 0 Å². The maximum absolute atomic E-state index is 14.5. The Kier molecular flexibility index (Phi) is 6.80. The summed E-state index contributed by atoms with van der Waals surface area (Å²) in [5, 5.41) is 22.3. The fraction of sp³-hybridized carbons (Fsp3) is 0.300. The maximum Gasteiger partial charge on any atom is 0.234 e. The monoisotopic (exact) mass is 418 g/mol. The second kappa shape index (κ2) is 9.51. The number of aromatic amines is 1. The van der Waals surface area contributed by atoms with Crippen molar-refractivity contribution in [3.05, 3.63) is 59.2 Å². The minimum absolute atomic E-state index is 0.0323. The Bertz CT molecular complexity index is 978. The van der Waals surface area contributed by atoms with Crippen molar-refractivity contribution in [1.82, 2.24) is 15.2 Å². The summed E-state index contributed by atoms with van der Waals surface area (Å²) in [5.74, 6) is -0.00969. The van der Waals surface area contributed by atoms with Gasteiger partial charge in [0.15, 0.2) is 11.6 Å². The second-order valence-electron chi connectivity index (χ2n) is 6.87. The number of pyridine rings is 1. The number of halogens is 2. The summed E-state index contributed by atoms with van der Waals surface area (Å²) < 4.78 is 33.2. The number of ether oxygens (including phenoxy) is 1. The Morgan fingerprint density at radius 1 is 1.17 bits per heavy atom. The van der Waals surface area contributed by atoms with Gasteiger partial charge >= 0.3 is 0 Å². The Balaban J connectivity index is 1.85. The topological polar surface area (TPSA) is 121 Å². The summed E-state index contributed by atoms with van der Waals surface area (Å²) in [5.41, 5.74) is 6.80. The molecule has 0 radical (unpaired) electrons. The lowest BCUT2D eigenvalue weighted by Gasteiger charge is -2.20. The number of hydrogen-bond acceptors (Lipinski definition) is 7. The summed E-state index contributed by atoms with van der Waals surface area (Å²) in [4.78, 5) is 4.29. The number of hydrogen-bond donors (Lipinski definition) is 5. The van der Waals surface area contributed by atoms with Gasteiger partial charge in [-0.15, -0.1) is 5.10 Å². The lowest BCUT2D eigenvalue weighted by molar-refractivity contribution is 0.232. The van der Waals surface area contributed by atoms with Crippen molar-refractivity contribution in [2.45, 2.75) is 32.5 Å². The van der Waals surface area contributed by atoms with Gasteiger partial charge in [-0.1, -0.05) is 12.1 Å². The summed E-state index contributed by atoms with van der Waals surface area (Å²) in [6.07, 6.45) is -0.0578. The molecular formula is C20H24F2N6O2. The van der Waals surface area contributed by atoms with Crippen LogP contribution in [0.15, 0.2) is 36.4 Å². The van der Waals surface area contributed by atoms with Gasteiger partial charge in [0, 0.05) is 18.2 Å². The van der Waals surface area contributed by atoms with E-state index in [9.17, 15) is 13.9 Å². The molecule has 2 aromatic heterocycles. The third-order valence-corrected chi connectivity index (χ3v) is 4.20. The van der Waals surface area contributed by atoms with E-state index in [-0.39, 0.29) is 30.9 Å². The van der Waals surface area contributed by atoms with Crippen LogP contribution in [0.2, 0.25) is 0 Å². The van der Waals surface area contributed by atoms with Crippen LogP contribution in [0.5, 0.6) is 5.88 Å². The standard InChI is InChI=1S/C20H24F2N6O2/c1-11(2)30-18-8-17(27-28-18)25-20-15(22)7-13(9-23)19(26-20)24-16(10-29)12-3-5-14(21)6-4-12/h3-8,11,16,29H,9-10,23H2,1-2H3,(H3,24,25,26,27,28)/t16-/m0/s1. The van der Waals surface area contributed by atoms with E-state index in [1.165, 1.54) is 18.2 Å². The molecule has 0 saturated heterocycles. The molecule has 0 fully saturated rings. The van der Waals surface area contributed by atoms with Crippen molar-refractivity contribution in [1.29, 1.82) is 0 Å². The number of H-pyrrole nitrogens is 1. The average molecular weight is 418 g/mol. The van der Waals surface area contributed by atoms with E-state index < -0.39 is 11.9 Å². The molecule has 8 nitrogen and oxygen atoms in total. The van der Waals surface area contributed by atoms with Crippen LogP contribution in [0.25, 0.3) is 0 Å². The van der Waals surface area contributed by atoms with E-state index in [0.29, 0.717) is 28.6 Å². The zero-order chi connectivity index (χ0) is 21.7. The number of nitrogens with two attached hydrogens (primary N) is 1. The van der Waals surface area contributed by atoms with Crippen molar-refractivity contribution in [2.24, 2.45) is 5.73 Å². The van der Waals surface area contributed by atoms with E-state index in [2.05, 4.69) is 25.8 Å². The van der Waals surface area contributed by atoms with Crippen molar-refractivity contribution >= 4 is 17.5 Å². The van der Waals surface area contributed by atoms with Crippen molar-refractivity contribution in [3.63, 3.8) is 0 Å². The summed E-state index contributed by atoms with van der Waals surface area (Å²) in [6, 6.07) is 7.95. The van der Waals surface area contributed by atoms with Gasteiger partial charge in [-0.3, -0.25) is 5.10 Å². The van der Waals surface area contributed by atoms with Gasteiger partial charge in [-0.05, 0) is 37.6 Å². The minimum atomic E-state index is -0.607. The number of rotatable bonds is 9. The molecule has 1 atom stereocenters. The fourth-order valence-electron chi connectivity index (χ4n) is 2.79. The van der Waals surface area contributed by atoms with Crippen molar-refractivity contribution in [2.75, 3.05) is 17.2 Å². The largest absolute Gasteiger partial charge is 0.474 e. The predicted molar refractivity (Wildman–Crippen MR) is 110 cm³/mol. The second-order valence-corrected chi connectivity index (χ2v) is 6.87. The Morgan fingerprint density at radius 3 is 2.53 bits per heavy atom. The van der Waals surface area contributed by atoms with Gasteiger partial charge in [-0.25, -0.2) is 13.8 Å². The van der Waals surface area contributed by atoms with Crippen LogP contribution in [0.1, 0.15) is 31.0 Å². The summed E-state index contributed by atoms with van der Waals surface area (Å²) in [7, 11) is 0. The predicted octanol–water partition coefficient (Wildman–Crippen LogP) is 3.22. The Morgan fingerprint density at radius 2 is 1.90 bits per heavy atom. The number of anilines is 3. The number of nitrogens with one attached hydrogen (secondary N) is 3. The molecule has 30 heavy (non-hydrogen) atoms. The van der Waals surface area contributed by atoms with Crippen LogP contribution in [0.4, 0.5) is 26.2 Å². The molecule has 0 saturated carbocycles. The number of aliphatic hydroxyl groups excluding tert-OH is 1. The first kappa shape index (κ1) is 21.5. The normalized spacial score (nSPS) is 12.1. The Hall–Kier alpha value is -3.24.